The number of aromatic hydroxyl groups is 1. The van der Waals surface area contributed by atoms with Gasteiger partial charge in [0.25, 0.3) is 11.8 Å². The third-order valence-corrected chi connectivity index (χ3v) is 5.32. The first kappa shape index (κ1) is 21.7. The third kappa shape index (κ3) is 4.92. The lowest BCUT2D eigenvalue weighted by Crippen LogP contribution is -2.26. The summed E-state index contributed by atoms with van der Waals surface area (Å²) < 4.78 is 5.40. The van der Waals surface area contributed by atoms with Crippen molar-refractivity contribution in [3.8, 4) is 11.5 Å². The number of benzene rings is 2. The van der Waals surface area contributed by atoms with Gasteiger partial charge in [-0.15, -0.1) is 0 Å². The summed E-state index contributed by atoms with van der Waals surface area (Å²) in [5.41, 5.74) is 1.29. The van der Waals surface area contributed by atoms with E-state index in [9.17, 15) is 14.7 Å². The van der Waals surface area contributed by atoms with Crippen molar-refractivity contribution in [1.29, 1.82) is 0 Å². The zero-order valence-corrected chi connectivity index (χ0v) is 18.2. The Bertz CT molecular complexity index is 1090. The fraction of sp³-hybridized carbons (Fsp3) is 0.150. The molecule has 0 aliphatic carbocycles. The quantitative estimate of drug-likeness (QED) is 0.400. The number of nitrogens with one attached hydrogen (secondary N) is 3. The minimum absolute atomic E-state index is 0.0529. The van der Waals surface area contributed by atoms with Gasteiger partial charge >= 0.3 is 0 Å². The molecule has 0 bridgehead atoms. The van der Waals surface area contributed by atoms with Crippen LogP contribution in [0, 0.1) is 0 Å². The lowest BCUT2D eigenvalue weighted by molar-refractivity contribution is 0.0947. The second-order valence-corrected chi connectivity index (χ2v) is 7.41. The minimum Gasteiger partial charge on any atom is -0.504 e. The zero-order valence-electron chi connectivity index (χ0n) is 15.8. The van der Waals surface area contributed by atoms with Crippen molar-refractivity contribution < 1.29 is 19.4 Å². The first-order valence-electron chi connectivity index (χ1n) is 8.84. The van der Waals surface area contributed by atoms with Gasteiger partial charge in [-0.05, 0) is 52.2 Å². The fourth-order valence-corrected chi connectivity index (χ4v) is 3.35. The Morgan fingerprint density at radius 1 is 1.23 bits per heavy atom. The van der Waals surface area contributed by atoms with E-state index in [4.69, 9.17) is 16.3 Å². The molecule has 0 spiro atoms. The second-order valence-electron chi connectivity index (χ2n) is 6.21. The predicted octanol–water partition coefficient (Wildman–Crippen LogP) is 3.76. The van der Waals surface area contributed by atoms with Crippen LogP contribution in [0.25, 0.3) is 0 Å². The smallest absolute Gasteiger partial charge is 0.273 e. The lowest BCUT2D eigenvalue weighted by Gasteiger charge is -2.07. The molecule has 30 heavy (non-hydrogen) atoms. The molecule has 0 saturated carbocycles. The third-order valence-electron chi connectivity index (χ3n) is 4.22. The molecule has 2 aromatic carbocycles. The van der Waals surface area contributed by atoms with E-state index in [2.05, 4.69) is 36.8 Å². The molecule has 156 valence electrons. The first-order valence-corrected chi connectivity index (χ1v) is 10.0. The summed E-state index contributed by atoms with van der Waals surface area (Å²) in [7, 11) is 1.47. The molecule has 0 aliphatic rings. The maximum atomic E-state index is 12.4. The van der Waals surface area contributed by atoms with Gasteiger partial charge in [0.1, 0.15) is 5.82 Å². The summed E-state index contributed by atoms with van der Waals surface area (Å²) in [4.78, 5) is 24.8. The molecule has 10 heteroatoms. The zero-order chi connectivity index (χ0) is 21.7. The van der Waals surface area contributed by atoms with E-state index in [1.54, 1.807) is 36.4 Å². The number of carbonyl (C=O) groups is 2. The van der Waals surface area contributed by atoms with E-state index in [1.165, 1.54) is 13.2 Å². The summed E-state index contributed by atoms with van der Waals surface area (Å²) in [5, 5.41) is 21.9. The van der Waals surface area contributed by atoms with Gasteiger partial charge in [0, 0.05) is 6.54 Å². The molecule has 4 N–H and O–H groups in total. The first-order chi connectivity index (χ1) is 14.4. The largest absolute Gasteiger partial charge is 0.504 e. The van der Waals surface area contributed by atoms with Gasteiger partial charge in [0.05, 0.1) is 22.2 Å². The molecule has 1 heterocycles. The van der Waals surface area contributed by atoms with E-state index >= 15 is 0 Å². The number of hydrogen-bond donors (Lipinski definition) is 4. The fourth-order valence-electron chi connectivity index (χ4n) is 2.67. The van der Waals surface area contributed by atoms with Crippen molar-refractivity contribution in [3.05, 3.63) is 68.8 Å². The second kappa shape index (κ2) is 9.64. The van der Waals surface area contributed by atoms with Crippen molar-refractivity contribution in [2.75, 3.05) is 19.0 Å². The van der Waals surface area contributed by atoms with Gasteiger partial charge in [-0.25, -0.2) is 0 Å². The van der Waals surface area contributed by atoms with E-state index in [1.807, 2.05) is 0 Å². The molecule has 3 aromatic rings. The number of hydrogen-bond acceptors (Lipinski definition) is 5. The Balaban J connectivity index is 1.60. The van der Waals surface area contributed by atoms with Crippen molar-refractivity contribution in [1.82, 2.24) is 15.5 Å². The Hall–Kier alpha value is -3.04. The number of amides is 2. The summed E-state index contributed by atoms with van der Waals surface area (Å²) in [6.07, 6.45) is 0.528. The van der Waals surface area contributed by atoms with Gasteiger partial charge in [0.2, 0.25) is 0 Å². The summed E-state index contributed by atoms with van der Waals surface area (Å²) >= 11 is 9.32. The van der Waals surface area contributed by atoms with E-state index in [0.717, 1.165) is 5.56 Å². The Morgan fingerprint density at radius 2 is 2.00 bits per heavy atom. The molecule has 0 aliphatic heterocycles. The van der Waals surface area contributed by atoms with Crippen molar-refractivity contribution >= 4 is 45.2 Å². The molecule has 0 radical (unpaired) electrons. The van der Waals surface area contributed by atoms with E-state index in [-0.39, 0.29) is 17.3 Å². The number of ether oxygens (including phenoxy) is 1. The predicted molar refractivity (Wildman–Crippen MR) is 116 cm³/mol. The standard InChI is InChI=1S/C20H18BrClN4O4/c1-30-15-10-11(6-7-14(15)27)8-9-23-20(29)17-16(21)18(26-25-17)24-19(28)12-4-2-3-5-13(12)22/h2-7,10,27H,8-9H2,1H3,(H,23,29)(H2,24,25,26,28). The monoisotopic (exact) mass is 492 g/mol. The van der Waals surface area contributed by atoms with Gasteiger partial charge < -0.3 is 20.5 Å². The maximum absolute atomic E-state index is 12.4. The van der Waals surface area contributed by atoms with Crippen LogP contribution in [0.2, 0.25) is 5.02 Å². The van der Waals surface area contributed by atoms with Crippen LogP contribution in [0.15, 0.2) is 46.9 Å². The van der Waals surface area contributed by atoms with E-state index < -0.39 is 11.8 Å². The van der Waals surface area contributed by atoms with Crippen LogP contribution in [0.1, 0.15) is 26.4 Å². The van der Waals surface area contributed by atoms with Crippen LogP contribution in [-0.2, 0) is 6.42 Å². The van der Waals surface area contributed by atoms with Crippen molar-refractivity contribution in [2.45, 2.75) is 6.42 Å². The molecule has 0 fully saturated rings. The summed E-state index contributed by atoms with van der Waals surface area (Å²) in [6.45, 7) is 0.341. The molecular formula is C20H18BrClN4O4. The number of anilines is 1. The number of nitrogens with zero attached hydrogens (tertiary/aromatic N) is 1. The van der Waals surface area contributed by atoms with Crippen LogP contribution in [0.4, 0.5) is 5.82 Å². The van der Waals surface area contributed by atoms with Crippen LogP contribution in [-0.4, -0.2) is 40.8 Å². The molecular weight excluding hydrogens is 476 g/mol. The number of halogens is 2. The Labute approximate surface area is 185 Å². The molecule has 2 amide bonds. The van der Waals surface area contributed by atoms with Crippen LogP contribution in [0.5, 0.6) is 11.5 Å². The summed E-state index contributed by atoms with van der Waals surface area (Å²) in [5.74, 6) is -0.182. The highest BCUT2D eigenvalue weighted by atomic mass is 79.9. The molecule has 0 atom stereocenters. The molecule has 8 nitrogen and oxygen atoms in total. The average Bonchev–Trinajstić information content (AvgIpc) is 3.09. The lowest BCUT2D eigenvalue weighted by atomic mass is 10.1. The highest BCUT2D eigenvalue weighted by Crippen LogP contribution is 2.27. The number of phenolic OH excluding ortho intramolecular Hbond substituents is 1. The molecule has 1 aromatic heterocycles. The van der Waals surface area contributed by atoms with E-state index in [0.29, 0.717) is 33.8 Å². The highest BCUT2D eigenvalue weighted by molar-refractivity contribution is 9.10. The number of aromatic amines is 1. The topological polar surface area (TPSA) is 116 Å². The normalized spacial score (nSPS) is 10.5. The van der Waals surface area contributed by atoms with Gasteiger partial charge in [-0.3, -0.25) is 14.7 Å². The number of rotatable bonds is 7. The van der Waals surface area contributed by atoms with Crippen molar-refractivity contribution in [2.24, 2.45) is 0 Å². The van der Waals surface area contributed by atoms with Gasteiger partial charge in [0.15, 0.2) is 17.2 Å². The van der Waals surface area contributed by atoms with Gasteiger partial charge in [-0.1, -0.05) is 29.8 Å². The maximum Gasteiger partial charge on any atom is 0.273 e. The van der Waals surface area contributed by atoms with Crippen molar-refractivity contribution in [3.63, 3.8) is 0 Å². The number of phenols is 1. The minimum atomic E-state index is -0.432. The Kier molecular flexibility index (Phi) is 6.96. The molecule has 0 saturated heterocycles. The average molecular weight is 494 g/mol. The summed E-state index contributed by atoms with van der Waals surface area (Å²) in [6, 6.07) is 11.6. The van der Waals surface area contributed by atoms with Gasteiger partial charge in [-0.2, -0.15) is 5.10 Å². The Morgan fingerprint density at radius 3 is 2.73 bits per heavy atom. The number of aromatic nitrogens is 2. The molecule has 0 unspecified atom stereocenters. The van der Waals surface area contributed by atoms with Crippen LogP contribution in [0.3, 0.4) is 0 Å². The SMILES string of the molecule is COc1cc(CCNC(=O)c2n[nH]c(NC(=O)c3ccccc3Cl)c2Br)ccc1O. The molecule has 3 rings (SSSR count). The number of carbonyl (C=O) groups excluding carboxylic acids is 2. The number of methoxy groups -OCH3 is 1. The number of H-pyrrole nitrogens is 1. The highest BCUT2D eigenvalue weighted by Gasteiger charge is 2.20. The van der Waals surface area contributed by atoms with Crippen LogP contribution >= 0.6 is 27.5 Å². The van der Waals surface area contributed by atoms with Crippen LogP contribution < -0.4 is 15.4 Å².